The van der Waals surface area contributed by atoms with Crippen molar-refractivity contribution < 1.29 is 22.1 Å². The second-order valence-corrected chi connectivity index (χ2v) is 8.46. The molecule has 0 spiro atoms. The number of hydrogen-bond donors (Lipinski definition) is 0. The van der Waals surface area contributed by atoms with Crippen LogP contribution in [0.1, 0.15) is 11.1 Å². The van der Waals surface area contributed by atoms with Crippen LogP contribution in [0.15, 0.2) is 71.6 Å². The lowest BCUT2D eigenvalue weighted by Gasteiger charge is -2.16. The van der Waals surface area contributed by atoms with Crippen molar-refractivity contribution in [2.75, 3.05) is 14.2 Å². The second kappa shape index (κ2) is 8.26. The van der Waals surface area contributed by atoms with E-state index in [-0.39, 0.29) is 11.5 Å². The molecule has 7 heteroatoms. The highest BCUT2D eigenvalue weighted by Gasteiger charge is 2.20. The van der Waals surface area contributed by atoms with E-state index in [2.05, 4.69) is 0 Å². The molecule has 4 aromatic carbocycles. The molecule has 0 amide bonds. The molecule has 0 radical (unpaired) electrons. The molecule has 0 atom stereocenters. The highest BCUT2D eigenvalue weighted by Crippen LogP contribution is 2.43. The largest absolute Gasteiger partial charge is 0.495 e. The topological polar surface area (TPSA) is 85.6 Å². The van der Waals surface area contributed by atoms with Gasteiger partial charge in [0.15, 0.2) is 0 Å². The van der Waals surface area contributed by atoms with Crippen molar-refractivity contribution in [2.45, 2.75) is 11.5 Å². The van der Waals surface area contributed by atoms with Gasteiger partial charge in [0.25, 0.3) is 10.1 Å². The zero-order valence-corrected chi connectivity index (χ0v) is 17.8. The normalized spacial score (nSPS) is 11.4. The molecule has 156 valence electrons. The second-order valence-electron chi connectivity index (χ2n) is 6.84. The quantitative estimate of drug-likeness (QED) is 0.321. The van der Waals surface area contributed by atoms with Crippen molar-refractivity contribution >= 4 is 31.7 Å². The molecule has 0 aliphatic heterocycles. The summed E-state index contributed by atoms with van der Waals surface area (Å²) in [6.07, 6.45) is 0. The number of nitriles is 1. The van der Waals surface area contributed by atoms with Crippen molar-refractivity contribution in [1.82, 2.24) is 0 Å². The van der Waals surface area contributed by atoms with Crippen LogP contribution in [-0.4, -0.2) is 22.6 Å². The van der Waals surface area contributed by atoms with E-state index in [4.69, 9.17) is 18.9 Å². The molecule has 0 heterocycles. The van der Waals surface area contributed by atoms with Crippen LogP contribution in [0, 0.1) is 11.3 Å². The molecule has 0 aliphatic rings. The summed E-state index contributed by atoms with van der Waals surface area (Å²) in [6.45, 7) is -0.135. The molecule has 0 saturated carbocycles. The fourth-order valence-electron chi connectivity index (χ4n) is 3.56. The average molecular weight is 433 g/mol. The molecule has 4 rings (SSSR count). The van der Waals surface area contributed by atoms with Crippen molar-refractivity contribution in [2.24, 2.45) is 0 Å². The van der Waals surface area contributed by atoms with Gasteiger partial charge in [0.1, 0.15) is 11.5 Å². The predicted molar refractivity (Wildman–Crippen MR) is 118 cm³/mol. The Kier molecular flexibility index (Phi) is 5.51. The summed E-state index contributed by atoms with van der Waals surface area (Å²) in [6, 6.07) is 20.9. The first-order chi connectivity index (χ1) is 15.0. The number of methoxy groups -OCH3 is 2. The van der Waals surface area contributed by atoms with Crippen LogP contribution in [0.2, 0.25) is 0 Å². The lowest BCUT2D eigenvalue weighted by atomic mass is 10.0. The molecule has 4 aromatic rings. The van der Waals surface area contributed by atoms with Crippen LogP contribution >= 0.6 is 0 Å². The van der Waals surface area contributed by atoms with E-state index >= 15 is 0 Å². The minimum absolute atomic E-state index is 0.0179. The Labute approximate surface area is 180 Å². The maximum atomic E-state index is 12.8. The van der Waals surface area contributed by atoms with Gasteiger partial charge in [-0.05, 0) is 35.9 Å². The summed E-state index contributed by atoms with van der Waals surface area (Å²) < 4.78 is 42.2. The Bertz CT molecular complexity index is 1420. The summed E-state index contributed by atoms with van der Waals surface area (Å²) in [5.41, 5.74) is 1.14. The predicted octanol–water partition coefficient (Wildman–Crippen LogP) is 4.79. The van der Waals surface area contributed by atoms with E-state index < -0.39 is 10.1 Å². The third-order valence-corrected chi connectivity index (χ3v) is 6.32. The lowest BCUT2D eigenvalue weighted by Crippen LogP contribution is -2.07. The van der Waals surface area contributed by atoms with Crippen molar-refractivity contribution in [1.29, 1.82) is 5.26 Å². The minimum atomic E-state index is -4.02. The Morgan fingerprint density at radius 2 is 1.39 bits per heavy atom. The van der Waals surface area contributed by atoms with Gasteiger partial charge >= 0.3 is 0 Å². The minimum Gasteiger partial charge on any atom is -0.495 e. The smallest absolute Gasteiger partial charge is 0.297 e. The lowest BCUT2D eigenvalue weighted by molar-refractivity contribution is 0.308. The Balaban J connectivity index is 1.77. The van der Waals surface area contributed by atoms with Crippen LogP contribution < -0.4 is 9.47 Å². The maximum absolute atomic E-state index is 12.8. The summed E-state index contributed by atoms with van der Waals surface area (Å²) in [7, 11) is -0.891. The Hall–Kier alpha value is -3.60. The van der Waals surface area contributed by atoms with E-state index in [1.807, 2.05) is 30.3 Å². The molecule has 0 fully saturated rings. The molecular formula is C24H19NO5S. The summed E-state index contributed by atoms with van der Waals surface area (Å²) in [4.78, 5) is 0.0179. The van der Waals surface area contributed by atoms with E-state index in [1.165, 1.54) is 12.1 Å². The maximum Gasteiger partial charge on any atom is 0.297 e. The number of hydrogen-bond acceptors (Lipinski definition) is 6. The first-order valence-corrected chi connectivity index (χ1v) is 10.8. The van der Waals surface area contributed by atoms with Crippen LogP contribution in [0.4, 0.5) is 0 Å². The number of nitrogens with zero attached hydrogens (tertiary/aromatic N) is 1. The van der Waals surface area contributed by atoms with Gasteiger partial charge in [0.2, 0.25) is 0 Å². The van der Waals surface area contributed by atoms with Crippen LogP contribution in [0.25, 0.3) is 21.5 Å². The fourth-order valence-corrected chi connectivity index (χ4v) is 4.49. The standard InChI is InChI=1S/C24H19NO5S/c1-28-23-19-5-3-4-6-20(19)24(29-2)22-13-18(11-12-21(22)23)31(26,27)30-15-17-9-7-16(14-25)8-10-17/h3-13H,15H2,1-2H3. The molecular weight excluding hydrogens is 414 g/mol. The number of rotatable bonds is 6. The highest BCUT2D eigenvalue weighted by molar-refractivity contribution is 7.86. The molecule has 0 saturated heterocycles. The van der Waals surface area contributed by atoms with E-state index in [1.54, 1.807) is 44.6 Å². The molecule has 31 heavy (non-hydrogen) atoms. The first-order valence-electron chi connectivity index (χ1n) is 9.43. The van der Waals surface area contributed by atoms with Gasteiger partial charge in [-0.1, -0.05) is 36.4 Å². The Morgan fingerprint density at radius 3 is 1.97 bits per heavy atom. The summed E-state index contributed by atoms with van der Waals surface area (Å²) in [5.74, 6) is 1.21. The molecule has 0 aliphatic carbocycles. The van der Waals surface area contributed by atoms with Crippen LogP contribution in [0.3, 0.4) is 0 Å². The zero-order chi connectivity index (χ0) is 22.0. The number of ether oxygens (including phenoxy) is 2. The van der Waals surface area contributed by atoms with E-state index in [0.717, 1.165) is 16.2 Å². The zero-order valence-electron chi connectivity index (χ0n) is 17.0. The van der Waals surface area contributed by atoms with Gasteiger partial charge in [-0.3, -0.25) is 4.18 Å². The number of benzene rings is 4. The monoisotopic (exact) mass is 433 g/mol. The van der Waals surface area contributed by atoms with Gasteiger partial charge in [-0.25, -0.2) is 0 Å². The average Bonchev–Trinajstić information content (AvgIpc) is 2.81. The van der Waals surface area contributed by atoms with Crippen molar-refractivity contribution in [3.8, 4) is 17.6 Å². The molecule has 0 unspecified atom stereocenters. The van der Waals surface area contributed by atoms with Gasteiger partial charge in [-0.2, -0.15) is 13.7 Å². The molecule has 0 N–H and O–H groups in total. The Morgan fingerprint density at radius 1 is 0.806 bits per heavy atom. The van der Waals surface area contributed by atoms with Gasteiger partial charge in [0.05, 0.1) is 37.4 Å². The van der Waals surface area contributed by atoms with Crippen LogP contribution in [0.5, 0.6) is 11.5 Å². The molecule has 0 aromatic heterocycles. The number of fused-ring (bicyclic) bond motifs is 2. The summed E-state index contributed by atoms with van der Waals surface area (Å²) >= 11 is 0. The molecule has 0 bridgehead atoms. The highest BCUT2D eigenvalue weighted by atomic mass is 32.2. The van der Waals surface area contributed by atoms with Crippen LogP contribution in [-0.2, 0) is 20.9 Å². The summed E-state index contributed by atoms with van der Waals surface area (Å²) in [5, 5.41) is 11.9. The van der Waals surface area contributed by atoms with Gasteiger partial charge in [0, 0.05) is 21.5 Å². The van der Waals surface area contributed by atoms with Crippen molar-refractivity contribution in [3.05, 3.63) is 77.9 Å². The van der Waals surface area contributed by atoms with Crippen molar-refractivity contribution in [3.63, 3.8) is 0 Å². The molecule has 6 nitrogen and oxygen atoms in total. The van der Waals surface area contributed by atoms with E-state index in [9.17, 15) is 8.42 Å². The SMILES string of the molecule is COc1c2ccccc2c(OC)c2cc(S(=O)(=O)OCc3ccc(C#N)cc3)ccc12. The van der Waals surface area contributed by atoms with Gasteiger partial charge < -0.3 is 9.47 Å². The fraction of sp³-hybridized carbons (Fsp3) is 0.125. The first kappa shape index (κ1) is 20.7. The third-order valence-electron chi connectivity index (χ3n) is 5.06. The third kappa shape index (κ3) is 3.79. The van der Waals surface area contributed by atoms with E-state index in [0.29, 0.717) is 28.0 Å². The van der Waals surface area contributed by atoms with Gasteiger partial charge in [-0.15, -0.1) is 0 Å².